The molecule has 1 amide bonds. The van der Waals surface area contributed by atoms with Gasteiger partial charge in [-0.3, -0.25) is 9.48 Å². The van der Waals surface area contributed by atoms with Crippen molar-refractivity contribution in [3.05, 3.63) is 17.5 Å². The van der Waals surface area contributed by atoms with Crippen molar-refractivity contribution < 1.29 is 13.2 Å². The molecule has 4 rings (SSSR count). The monoisotopic (exact) mass is 366 g/mol. The van der Waals surface area contributed by atoms with Crippen molar-refractivity contribution in [3.8, 4) is 0 Å². The molecule has 3 heterocycles. The van der Waals surface area contributed by atoms with Gasteiger partial charge in [0.05, 0.1) is 12.5 Å². The Bertz CT molecular complexity index is 797. The summed E-state index contributed by atoms with van der Waals surface area (Å²) in [5, 5.41) is 4.27. The van der Waals surface area contributed by atoms with Crippen molar-refractivity contribution in [2.24, 2.45) is 12.5 Å². The number of carbonyl (C=O) groups excluding carboxylic acids is 1. The molecule has 3 aliphatic rings. The van der Waals surface area contributed by atoms with Crippen LogP contribution in [0.1, 0.15) is 49.4 Å². The summed E-state index contributed by atoms with van der Waals surface area (Å²) in [6.45, 7) is 1.80. The maximum Gasteiger partial charge on any atom is 0.245 e. The van der Waals surface area contributed by atoms with Crippen molar-refractivity contribution in [1.29, 1.82) is 0 Å². The minimum absolute atomic E-state index is 0.0860. The van der Waals surface area contributed by atoms with E-state index in [4.69, 9.17) is 0 Å². The third-order valence-electron chi connectivity index (χ3n) is 6.22. The van der Waals surface area contributed by atoms with Gasteiger partial charge in [-0.25, -0.2) is 8.42 Å². The van der Waals surface area contributed by atoms with Crippen LogP contribution in [0.2, 0.25) is 0 Å². The SMILES string of the molecule is Cn1ncc2c1CCN(S(C)(=O)=O)C2C(=O)N1CCCC2(CC1)CC2. The molecule has 2 aliphatic heterocycles. The molecule has 1 atom stereocenters. The van der Waals surface area contributed by atoms with Gasteiger partial charge < -0.3 is 4.90 Å². The molecule has 25 heavy (non-hydrogen) atoms. The van der Waals surface area contributed by atoms with Crippen LogP contribution in [0.3, 0.4) is 0 Å². The molecule has 1 spiro atoms. The molecule has 8 heteroatoms. The number of hydrogen-bond donors (Lipinski definition) is 0. The van der Waals surface area contributed by atoms with Gasteiger partial charge in [0.1, 0.15) is 6.04 Å². The molecule has 1 aromatic rings. The fourth-order valence-electron chi connectivity index (χ4n) is 4.45. The van der Waals surface area contributed by atoms with Crippen LogP contribution >= 0.6 is 0 Å². The van der Waals surface area contributed by atoms with E-state index in [0.29, 0.717) is 18.4 Å². The Labute approximate surface area is 149 Å². The van der Waals surface area contributed by atoms with Crippen molar-refractivity contribution in [2.45, 2.75) is 44.6 Å². The summed E-state index contributed by atoms with van der Waals surface area (Å²) in [6.07, 6.45) is 9.25. The third kappa shape index (κ3) is 2.99. The van der Waals surface area contributed by atoms with E-state index < -0.39 is 16.1 Å². The number of likely N-dealkylation sites (tertiary alicyclic amines) is 1. The van der Waals surface area contributed by atoms with Gasteiger partial charge in [0.15, 0.2) is 0 Å². The van der Waals surface area contributed by atoms with Crippen molar-refractivity contribution >= 4 is 15.9 Å². The summed E-state index contributed by atoms with van der Waals surface area (Å²) >= 11 is 0. The smallest absolute Gasteiger partial charge is 0.245 e. The van der Waals surface area contributed by atoms with Gasteiger partial charge in [0.2, 0.25) is 15.9 Å². The minimum atomic E-state index is -3.46. The molecule has 1 aromatic heterocycles. The predicted molar refractivity (Wildman–Crippen MR) is 93.3 cm³/mol. The number of nitrogens with zero attached hydrogens (tertiary/aromatic N) is 4. The summed E-state index contributed by atoms with van der Waals surface area (Å²) in [5.74, 6) is -0.0860. The Morgan fingerprint density at radius 3 is 2.64 bits per heavy atom. The zero-order valence-electron chi connectivity index (χ0n) is 14.9. The van der Waals surface area contributed by atoms with Gasteiger partial charge in [-0.2, -0.15) is 9.40 Å². The van der Waals surface area contributed by atoms with Crippen LogP contribution < -0.4 is 0 Å². The largest absolute Gasteiger partial charge is 0.341 e. The zero-order valence-corrected chi connectivity index (χ0v) is 15.8. The molecule has 1 unspecified atom stereocenters. The van der Waals surface area contributed by atoms with Gasteiger partial charge in [0, 0.05) is 44.4 Å². The number of amides is 1. The highest BCUT2D eigenvalue weighted by Crippen LogP contribution is 2.53. The Kier molecular flexibility index (Phi) is 3.95. The maximum absolute atomic E-state index is 13.3. The lowest BCUT2D eigenvalue weighted by molar-refractivity contribution is -0.135. The van der Waals surface area contributed by atoms with Crippen LogP contribution in [0.15, 0.2) is 6.20 Å². The first-order valence-corrected chi connectivity index (χ1v) is 10.9. The third-order valence-corrected chi connectivity index (χ3v) is 7.47. The van der Waals surface area contributed by atoms with Crippen molar-refractivity contribution in [3.63, 3.8) is 0 Å². The van der Waals surface area contributed by atoms with Crippen LogP contribution in [-0.4, -0.2) is 59.2 Å². The van der Waals surface area contributed by atoms with Gasteiger partial charge in [0.25, 0.3) is 0 Å². The molecule has 138 valence electrons. The first-order valence-electron chi connectivity index (χ1n) is 9.07. The molecule has 1 aliphatic carbocycles. The second-order valence-electron chi connectivity index (χ2n) is 7.88. The van der Waals surface area contributed by atoms with E-state index >= 15 is 0 Å². The molecular formula is C17H26N4O3S. The summed E-state index contributed by atoms with van der Waals surface area (Å²) in [7, 11) is -1.62. The lowest BCUT2D eigenvalue weighted by Crippen LogP contribution is -2.48. The molecular weight excluding hydrogens is 340 g/mol. The first-order chi connectivity index (χ1) is 11.8. The average Bonchev–Trinajstić information content (AvgIpc) is 3.29. The topological polar surface area (TPSA) is 75.5 Å². The number of aryl methyl sites for hydroxylation is 1. The van der Waals surface area contributed by atoms with E-state index in [0.717, 1.165) is 37.2 Å². The number of aromatic nitrogens is 2. The summed E-state index contributed by atoms with van der Waals surface area (Å²) < 4.78 is 27.7. The fourth-order valence-corrected chi connectivity index (χ4v) is 5.46. The van der Waals surface area contributed by atoms with Crippen LogP contribution in [0.5, 0.6) is 0 Å². The molecule has 0 radical (unpaired) electrons. The average molecular weight is 366 g/mol. The molecule has 1 saturated heterocycles. The van der Waals surface area contributed by atoms with E-state index in [1.54, 1.807) is 10.9 Å². The van der Waals surface area contributed by atoms with E-state index in [-0.39, 0.29) is 5.91 Å². The van der Waals surface area contributed by atoms with E-state index in [1.807, 2.05) is 11.9 Å². The minimum Gasteiger partial charge on any atom is -0.341 e. The van der Waals surface area contributed by atoms with E-state index in [1.165, 1.54) is 29.8 Å². The van der Waals surface area contributed by atoms with Crippen molar-refractivity contribution in [1.82, 2.24) is 19.0 Å². The van der Waals surface area contributed by atoms with Crippen LogP contribution in [0.4, 0.5) is 0 Å². The maximum atomic E-state index is 13.3. The van der Waals surface area contributed by atoms with Gasteiger partial charge in [-0.05, 0) is 37.5 Å². The number of hydrogen-bond acceptors (Lipinski definition) is 4. The molecule has 0 bridgehead atoms. The molecule has 7 nitrogen and oxygen atoms in total. The Morgan fingerprint density at radius 1 is 1.20 bits per heavy atom. The second-order valence-corrected chi connectivity index (χ2v) is 9.81. The van der Waals surface area contributed by atoms with Crippen molar-refractivity contribution in [2.75, 3.05) is 25.9 Å². The fraction of sp³-hybridized carbons (Fsp3) is 0.765. The highest BCUT2D eigenvalue weighted by atomic mass is 32.2. The highest BCUT2D eigenvalue weighted by molar-refractivity contribution is 7.88. The summed E-state index contributed by atoms with van der Waals surface area (Å²) in [4.78, 5) is 15.2. The summed E-state index contributed by atoms with van der Waals surface area (Å²) in [5.41, 5.74) is 2.18. The van der Waals surface area contributed by atoms with Gasteiger partial charge in [-0.1, -0.05) is 0 Å². The predicted octanol–water partition coefficient (Wildman–Crippen LogP) is 1.07. The van der Waals surface area contributed by atoms with Crippen LogP contribution in [0.25, 0.3) is 0 Å². The lowest BCUT2D eigenvalue weighted by atomic mass is 9.98. The highest BCUT2D eigenvalue weighted by Gasteiger charge is 2.46. The quantitative estimate of drug-likeness (QED) is 0.785. The number of fused-ring (bicyclic) bond motifs is 1. The zero-order chi connectivity index (χ0) is 17.8. The summed E-state index contributed by atoms with van der Waals surface area (Å²) in [6, 6.07) is -0.763. The molecule has 0 aromatic carbocycles. The Morgan fingerprint density at radius 2 is 1.96 bits per heavy atom. The molecule has 0 N–H and O–H groups in total. The Hall–Kier alpha value is -1.41. The first kappa shape index (κ1) is 17.0. The van der Waals surface area contributed by atoms with Crippen LogP contribution in [0, 0.1) is 5.41 Å². The van der Waals surface area contributed by atoms with E-state index in [9.17, 15) is 13.2 Å². The van der Waals surface area contributed by atoms with Crippen LogP contribution in [-0.2, 0) is 28.3 Å². The second kappa shape index (κ2) is 5.81. The number of carbonyl (C=O) groups is 1. The molecule has 1 saturated carbocycles. The lowest BCUT2D eigenvalue weighted by Gasteiger charge is -2.36. The van der Waals surface area contributed by atoms with E-state index in [2.05, 4.69) is 5.10 Å². The van der Waals surface area contributed by atoms with Gasteiger partial charge >= 0.3 is 0 Å². The normalized spacial score (nSPS) is 26.3. The Balaban J connectivity index is 1.65. The number of rotatable bonds is 2. The van der Waals surface area contributed by atoms with Gasteiger partial charge in [-0.15, -0.1) is 0 Å². The molecule has 2 fully saturated rings. The standard InChI is InChI=1S/C17H26N4O3S/c1-19-14-4-10-21(25(2,23)24)15(13(14)12-18-19)16(22)20-9-3-5-17(6-7-17)8-11-20/h12,15H,3-11H2,1-2H3. The number of sulfonamides is 1.